The lowest BCUT2D eigenvalue weighted by Crippen LogP contribution is -2.44. The fourth-order valence-electron chi connectivity index (χ4n) is 3.85. The number of nitrogens with zero attached hydrogens (tertiary/aromatic N) is 4. The highest BCUT2D eigenvalue weighted by Gasteiger charge is 2.54. The topological polar surface area (TPSA) is 87.0 Å². The first-order valence-corrected chi connectivity index (χ1v) is 10.5. The van der Waals surface area contributed by atoms with Gasteiger partial charge >= 0.3 is 0 Å². The van der Waals surface area contributed by atoms with Gasteiger partial charge in [0.1, 0.15) is 12.0 Å². The van der Waals surface area contributed by atoms with Gasteiger partial charge in [-0.1, -0.05) is 35.0 Å². The van der Waals surface area contributed by atoms with Gasteiger partial charge in [-0.05, 0) is 32.6 Å². The Morgan fingerprint density at radius 1 is 1.26 bits per heavy atom. The van der Waals surface area contributed by atoms with Gasteiger partial charge in [-0.2, -0.15) is 0 Å². The summed E-state index contributed by atoms with van der Waals surface area (Å²) in [4.78, 5) is 44.4. The van der Waals surface area contributed by atoms with Crippen LogP contribution in [0, 0.1) is 0 Å². The van der Waals surface area contributed by atoms with Gasteiger partial charge in [-0.15, -0.1) is 0 Å². The van der Waals surface area contributed by atoms with E-state index < -0.39 is 5.41 Å². The number of carbonyl (C=O) groups excluding carboxylic acids is 3. The standard InChI is InChI=1S/C22H27ClN4O4/c1-15(18-9-12-31-24-18)26(4)19(28)13-22(16-7-5-6-8-17(16)23)14-20(29)27(21(22)30)11-10-25(2)3/h5-9,12,15H,10-11,13-14H2,1-4H3/t15-,22+/m1/s1. The van der Waals surface area contributed by atoms with Gasteiger partial charge in [0.05, 0.1) is 11.5 Å². The van der Waals surface area contributed by atoms with Crippen LogP contribution in [0.3, 0.4) is 0 Å². The predicted molar refractivity (Wildman–Crippen MR) is 115 cm³/mol. The van der Waals surface area contributed by atoms with E-state index in [9.17, 15) is 14.4 Å². The molecule has 2 aromatic rings. The van der Waals surface area contributed by atoms with E-state index in [1.54, 1.807) is 37.4 Å². The van der Waals surface area contributed by atoms with Crippen LogP contribution in [0.25, 0.3) is 0 Å². The van der Waals surface area contributed by atoms with Crippen molar-refractivity contribution in [1.29, 1.82) is 0 Å². The number of hydrogen-bond donors (Lipinski definition) is 0. The Labute approximate surface area is 186 Å². The molecule has 0 aliphatic carbocycles. The van der Waals surface area contributed by atoms with Crippen LogP contribution in [0.5, 0.6) is 0 Å². The molecule has 1 aliphatic rings. The largest absolute Gasteiger partial charge is 0.364 e. The summed E-state index contributed by atoms with van der Waals surface area (Å²) in [7, 11) is 5.39. The van der Waals surface area contributed by atoms with Crippen LogP contribution in [-0.4, -0.2) is 71.8 Å². The minimum Gasteiger partial charge on any atom is -0.364 e. The summed E-state index contributed by atoms with van der Waals surface area (Å²) < 4.78 is 4.88. The van der Waals surface area contributed by atoms with Crippen molar-refractivity contribution >= 4 is 29.3 Å². The molecule has 2 atom stereocenters. The summed E-state index contributed by atoms with van der Waals surface area (Å²) in [6.07, 6.45) is 1.18. The number of likely N-dealkylation sites (tertiary alicyclic amines) is 1. The fourth-order valence-corrected chi connectivity index (χ4v) is 4.17. The van der Waals surface area contributed by atoms with Gasteiger partial charge in [-0.3, -0.25) is 19.3 Å². The average Bonchev–Trinajstić information content (AvgIpc) is 3.34. The normalized spacial score (nSPS) is 19.9. The van der Waals surface area contributed by atoms with E-state index in [4.69, 9.17) is 16.1 Å². The Morgan fingerprint density at radius 2 is 1.97 bits per heavy atom. The maximum atomic E-state index is 13.6. The molecular formula is C22H27ClN4O4. The Hall–Kier alpha value is -2.71. The molecule has 1 aromatic heterocycles. The fraction of sp³-hybridized carbons (Fsp3) is 0.455. The second kappa shape index (κ2) is 9.20. The first-order chi connectivity index (χ1) is 14.7. The highest BCUT2D eigenvalue weighted by molar-refractivity contribution is 6.32. The number of benzene rings is 1. The van der Waals surface area contributed by atoms with Crippen molar-refractivity contribution in [3.8, 4) is 0 Å². The highest BCUT2D eigenvalue weighted by atomic mass is 35.5. The van der Waals surface area contributed by atoms with E-state index in [0.717, 1.165) is 0 Å². The molecule has 2 heterocycles. The molecule has 1 aliphatic heterocycles. The van der Waals surface area contributed by atoms with E-state index in [-0.39, 0.29) is 43.1 Å². The summed E-state index contributed by atoms with van der Waals surface area (Å²) in [5.41, 5.74) is -0.237. The molecule has 31 heavy (non-hydrogen) atoms. The molecule has 8 nitrogen and oxygen atoms in total. The molecule has 166 valence electrons. The molecule has 0 radical (unpaired) electrons. The van der Waals surface area contributed by atoms with Crippen LogP contribution < -0.4 is 0 Å². The van der Waals surface area contributed by atoms with Crippen molar-refractivity contribution in [2.75, 3.05) is 34.2 Å². The molecule has 1 saturated heterocycles. The summed E-state index contributed by atoms with van der Waals surface area (Å²) >= 11 is 6.45. The van der Waals surface area contributed by atoms with Gasteiger partial charge in [0, 0.05) is 44.1 Å². The van der Waals surface area contributed by atoms with Crippen LogP contribution in [0.4, 0.5) is 0 Å². The monoisotopic (exact) mass is 446 g/mol. The van der Waals surface area contributed by atoms with Crippen molar-refractivity contribution in [2.24, 2.45) is 0 Å². The number of halogens is 1. The highest BCUT2D eigenvalue weighted by Crippen LogP contribution is 2.43. The van der Waals surface area contributed by atoms with Gasteiger partial charge in [0.25, 0.3) is 0 Å². The molecule has 0 N–H and O–H groups in total. The van der Waals surface area contributed by atoms with E-state index >= 15 is 0 Å². The number of likely N-dealkylation sites (N-methyl/N-ethyl adjacent to an activating group) is 1. The summed E-state index contributed by atoms with van der Waals surface area (Å²) in [5, 5.41) is 4.26. The zero-order valence-electron chi connectivity index (χ0n) is 18.2. The van der Waals surface area contributed by atoms with Gasteiger partial charge in [-0.25, -0.2) is 0 Å². The summed E-state index contributed by atoms with van der Waals surface area (Å²) in [6.45, 7) is 2.62. The molecule has 3 rings (SSSR count). The van der Waals surface area contributed by atoms with E-state index in [1.165, 1.54) is 16.1 Å². The van der Waals surface area contributed by atoms with E-state index in [2.05, 4.69) is 5.16 Å². The molecule has 3 amide bonds. The third kappa shape index (κ3) is 4.50. The molecule has 0 bridgehead atoms. The Bertz CT molecular complexity index is 962. The van der Waals surface area contributed by atoms with Crippen molar-refractivity contribution in [1.82, 2.24) is 19.9 Å². The molecular weight excluding hydrogens is 420 g/mol. The smallest absolute Gasteiger partial charge is 0.240 e. The van der Waals surface area contributed by atoms with E-state index in [0.29, 0.717) is 22.8 Å². The predicted octanol–water partition coefficient (Wildman–Crippen LogP) is 2.50. The number of aromatic nitrogens is 1. The average molecular weight is 447 g/mol. The minimum atomic E-state index is -1.34. The Morgan fingerprint density at radius 3 is 2.58 bits per heavy atom. The molecule has 0 unspecified atom stereocenters. The lowest BCUT2D eigenvalue weighted by atomic mass is 9.75. The van der Waals surface area contributed by atoms with Crippen molar-refractivity contribution in [3.63, 3.8) is 0 Å². The van der Waals surface area contributed by atoms with Gasteiger partial charge in [0.2, 0.25) is 17.7 Å². The quantitative estimate of drug-likeness (QED) is 0.579. The summed E-state index contributed by atoms with van der Waals surface area (Å²) in [6, 6.07) is 8.24. The number of carbonyl (C=O) groups is 3. The van der Waals surface area contributed by atoms with Gasteiger partial charge in [0.15, 0.2) is 0 Å². The van der Waals surface area contributed by atoms with Crippen molar-refractivity contribution < 1.29 is 18.9 Å². The molecule has 0 spiro atoms. The molecule has 9 heteroatoms. The van der Waals surface area contributed by atoms with Crippen LogP contribution >= 0.6 is 11.6 Å². The minimum absolute atomic E-state index is 0.0963. The zero-order valence-corrected chi connectivity index (χ0v) is 18.9. The van der Waals surface area contributed by atoms with Crippen molar-refractivity contribution in [2.45, 2.75) is 31.2 Å². The first kappa shape index (κ1) is 23.0. The zero-order chi connectivity index (χ0) is 22.8. The third-order valence-electron chi connectivity index (χ3n) is 5.88. The van der Waals surface area contributed by atoms with Crippen molar-refractivity contribution in [3.05, 3.63) is 52.9 Å². The van der Waals surface area contributed by atoms with Crippen LogP contribution in [0.15, 0.2) is 41.1 Å². The SMILES string of the molecule is C[C@H](c1ccon1)N(C)C(=O)C[C@@]1(c2ccccc2Cl)CC(=O)N(CCN(C)C)C1=O. The maximum absolute atomic E-state index is 13.6. The Kier molecular flexibility index (Phi) is 6.81. The van der Waals surface area contributed by atoms with E-state index in [1.807, 2.05) is 25.9 Å². The second-order valence-corrected chi connectivity index (χ2v) is 8.58. The lowest BCUT2D eigenvalue weighted by molar-refractivity contribution is -0.143. The lowest BCUT2D eigenvalue weighted by Gasteiger charge is -2.31. The maximum Gasteiger partial charge on any atom is 0.240 e. The number of amides is 3. The van der Waals surface area contributed by atoms with Crippen LogP contribution in [-0.2, 0) is 19.8 Å². The Balaban J connectivity index is 1.95. The van der Waals surface area contributed by atoms with Crippen LogP contribution in [0.2, 0.25) is 5.02 Å². The number of rotatable bonds is 8. The van der Waals surface area contributed by atoms with Gasteiger partial charge < -0.3 is 14.3 Å². The molecule has 1 aromatic carbocycles. The first-order valence-electron chi connectivity index (χ1n) is 10.1. The number of hydrogen-bond acceptors (Lipinski definition) is 6. The third-order valence-corrected chi connectivity index (χ3v) is 6.21. The number of imide groups is 1. The summed E-state index contributed by atoms with van der Waals surface area (Å²) in [5.74, 6) is -0.971. The van der Waals surface area contributed by atoms with Crippen LogP contribution in [0.1, 0.15) is 37.1 Å². The second-order valence-electron chi connectivity index (χ2n) is 8.17. The molecule has 0 saturated carbocycles. The molecule has 1 fully saturated rings.